The third-order valence-corrected chi connectivity index (χ3v) is 5.25. The van der Waals surface area contributed by atoms with Crippen LogP contribution in [-0.2, 0) is 4.74 Å². The fraction of sp³-hybridized carbons (Fsp3) is 0.333. The van der Waals surface area contributed by atoms with Crippen LogP contribution in [0.25, 0.3) is 5.69 Å². The molecule has 1 aliphatic rings. The Morgan fingerprint density at radius 3 is 2.64 bits per heavy atom. The summed E-state index contributed by atoms with van der Waals surface area (Å²) in [5, 5.41) is 8.47. The standard InChI is InChI=1S/C21H24ClN5O/c1-28-14-16-7-9-26(10-8-16)20-12-17(22)11-18(13-20)24-21-23-15-27(25-21)19-5-3-2-4-6-19/h2-6,11-13,15-16H,7-10,14H2,1H3,(H,24,25). The van der Waals surface area contributed by atoms with E-state index in [0.29, 0.717) is 16.9 Å². The highest BCUT2D eigenvalue weighted by atomic mass is 35.5. The van der Waals surface area contributed by atoms with Crippen LogP contribution in [0.1, 0.15) is 12.8 Å². The first kappa shape index (κ1) is 18.8. The summed E-state index contributed by atoms with van der Waals surface area (Å²) < 4.78 is 7.04. The van der Waals surface area contributed by atoms with Gasteiger partial charge in [-0.15, -0.1) is 5.10 Å². The summed E-state index contributed by atoms with van der Waals surface area (Å²) in [5.74, 6) is 1.18. The van der Waals surface area contributed by atoms with Crippen LogP contribution in [0.2, 0.25) is 5.02 Å². The molecule has 7 heteroatoms. The molecule has 0 amide bonds. The van der Waals surface area contributed by atoms with Crippen LogP contribution in [0.5, 0.6) is 0 Å². The number of aromatic nitrogens is 3. The van der Waals surface area contributed by atoms with Gasteiger partial charge in [0.25, 0.3) is 0 Å². The molecule has 0 spiro atoms. The van der Waals surface area contributed by atoms with E-state index in [9.17, 15) is 0 Å². The number of piperidine rings is 1. The first-order valence-electron chi connectivity index (χ1n) is 9.50. The maximum Gasteiger partial charge on any atom is 0.246 e. The van der Waals surface area contributed by atoms with E-state index in [1.807, 2.05) is 42.5 Å². The zero-order chi connectivity index (χ0) is 19.3. The Morgan fingerprint density at radius 2 is 1.89 bits per heavy atom. The number of ether oxygens (including phenoxy) is 1. The van der Waals surface area contributed by atoms with Gasteiger partial charge in [0.15, 0.2) is 0 Å². The average molecular weight is 398 g/mol. The van der Waals surface area contributed by atoms with Gasteiger partial charge in [-0.25, -0.2) is 4.68 Å². The Balaban J connectivity index is 1.47. The minimum Gasteiger partial charge on any atom is -0.384 e. The van der Waals surface area contributed by atoms with Gasteiger partial charge in [-0.2, -0.15) is 4.98 Å². The lowest BCUT2D eigenvalue weighted by molar-refractivity contribution is 0.139. The molecule has 0 unspecified atom stereocenters. The molecule has 6 nitrogen and oxygen atoms in total. The Hall–Kier alpha value is -2.57. The highest BCUT2D eigenvalue weighted by Crippen LogP contribution is 2.30. The van der Waals surface area contributed by atoms with Gasteiger partial charge in [0.1, 0.15) is 6.33 Å². The molecule has 0 aliphatic carbocycles. The number of anilines is 3. The average Bonchev–Trinajstić information content (AvgIpc) is 3.17. The first-order valence-corrected chi connectivity index (χ1v) is 9.87. The minimum absolute atomic E-state index is 0.538. The SMILES string of the molecule is COCC1CCN(c2cc(Cl)cc(Nc3ncn(-c4ccccc4)n3)c2)CC1. The van der Waals surface area contributed by atoms with E-state index in [1.54, 1.807) is 18.1 Å². The Bertz CT molecular complexity index is 906. The largest absolute Gasteiger partial charge is 0.384 e. The van der Waals surface area contributed by atoms with Crippen molar-refractivity contribution in [2.24, 2.45) is 5.92 Å². The topological polar surface area (TPSA) is 55.2 Å². The molecule has 3 aromatic rings. The Morgan fingerprint density at radius 1 is 1.11 bits per heavy atom. The molecule has 1 fully saturated rings. The van der Waals surface area contributed by atoms with Crippen LogP contribution < -0.4 is 10.2 Å². The molecular formula is C21H24ClN5O. The number of hydrogen-bond donors (Lipinski definition) is 1. The van der Waals surface area contributed by atoms with Crippen molar-refractivity contribution in [2.75, 3.05) is 37.0 Å². The third-order valence-electron chi connectivity index (χ3n) is 5.03. The Kier molecular flexibility index (Phi) is 5.78. The summed E-state index contributed by atoms with van der Waals surface area (Å²) >= 11 is 6.38. The summed E-state index contributed by atoms with van der Waals surface area (Å²) in [4.78, 5) is 6.73. The van der Waals surface area contributed by atoms with Gasteiger partial charge in [0, 0.05) is 43.2 Å². The smallest absolute Gasteiger partial charge is 0.246 e. The first-order chi connectivity index (χ1) is 13.7. The number of nitrogens with zero attached hydrogens (tertiary/aromatic N) is 4. The second-order valence-corrected chi connectivity index (χ2v) is 7.49. The van der Waals surface area contributed by atoms with Crippen molar-refractivity contribution in [1.29, 1.82) is 0 Å². The molecule has 1 saturated heterocycles. The van der Waals surface area contributed by atoms with Crippen molar-refractivity contribution in [1.82, 2.24) is 14.8 Å². The summed E-state index contributed by atoms with van der Waals surface area (Å²) in [6.45, 7) is 2.86. The highest BCUT2D eigenvalue weighted by molar-refractivity contribution is 6.31. The summed E-state index contributed by atoms with van der Waals surface area (Å²) in [5.41, 5.74) is 2.97. The summed E-state index contributed by atoms with van der Waals surface area (Å²) in [6, 6.07) is 15.9. The predicted molar refractivity (Wildman–Crippen MR) is 113 cm³/mol. The zero-order valence-electron chi connectivity index (χ0n) is 15.9. The van der Waals surface area contributed by atoms with Crippen LogP contribution >= 0.6 is 11.6 Å². The number of benzene rings is 2. The second kappa shape index (κ2) is 8.63. The van der Waals surface area contributed by atoms with E-state index in [4.69, 9.17) is 16.3 Å². The van der Waals surface area contributed by atoms with Crippen molar-refractivity contribution in [3.8, 4) is 5.69 Å². The Labute approximate surface area is 170 Å². The second-order valence-electron chi connectivity index (χ2n) is 7.06. The third kappa shape index (κ3) is 4.46. The van der Waals surface area contributed by atoms with Crippen molar-refractivity contribution in [2.45, 2.75) is 12.8 Å². The molecule has 1 aromatic heterocycles. The minimum atomic E-state index is 0.538. The van der Waals surface area contributed by atoms with Gasteiger partial charge >= 0.3 is 0 Å². The number of hydrogen-bond acceptors (Lipinski definition) is 5. The summed E-state index contributed by atoms with van der Waals surface area (Å²) in [6.07, 6.45) is 3.96. The maximum absolute atomic E-state index is 6.38. The molecule has 1 N–H and O–H groups in total. The van der Waals surface area contributed by atoms with Gasteiger partial charge in [0.05, 0.1) is 5.69 Å². The zero-order valence-corrected chi connectivity index (χ0v) is 16.6. The number of para-hydroxylation sites is 1. The maximum atomic E-state index is 6.38. The highest BCUT2D eigenvalue weighted by Gasteiger charge is 2.20. The number of nitrogens with one attached hydrogen (secondary N) is 1. The molecule has 0 radical (unpaired) electrons. The monoisotopic (exact) mass is 397 g/mol. The predicted octanol–water partition coefficient (Wildman–Crippen LogP) is 4.53. The lowest BCUT2D eigenvalue weighted by Crippen LogP contribution is -2.35. The molecule has 28 heavy (non-hydrogen) atoms. The van der Waals surface area contributed by atoms with Gasteiger partial charge in [-0.05, 0) is 49.1 Å². The van der Waals surface area contributed by atoms with Crippen LogP contribution in [0, 0.1) is 5.92 Å². The van der Waals surface area contributed by atoms with Gasteiger partial charge in [-0.3, -0.25) is 0 Å². The lowest BCUT2D eigenvalue weighted by Gasteiger charge is -2.33. The fourth-order valence-corrected chi connectivity index (χ4v) is 3.81. The summed E-state index contributed by atoms with van der Waals surface area (Å²) in [7, 11) is 1.77. The van der Waals surface area contributed by atoms with Crippen molar-refractivity contribution < 1.29 is 4.74 Å². The molecule has 146 valence electrons. The van der Waals surface area contributed by atoms with Crippen LogP contribution in [0.15, 0.2) is 54.9 Å². The lowest BCUT2D eigenvalue weighted by atomic mass is 9.97. The number of halogens is 1. The quantitative estimate of drug-likeness (QED) is 0.662. The van der Waals surface area contributed by atoms with E-state index < -0.39 is 0 Å². The van der Waals surface area contributed by atoms with Crippen LogP contribution in [-0.4, -0.2) is 41.6 Å². The molecule has 0 bridgehead atoms. The van der Waals surface area contributed by atoms with Gasteiger partial charge < -0.3 is 15.0 Å². The number of methoxy groups -OCH3 is 1. The van der Waals surface area contributed by atoms with E-state index in [1.165, 1.54) is 0 Å². The van der Waals surface area contributed by atoms with Crippen molar-refractivity contribution in [3.05, 3.63) is 59.9 Å². The van der Waals surface area contributed by atoms with Crippen molar-refractivity contribution in [3.63, 3.8) is 0 Å². The van der Waals surface area contributed by atoms with Gasteiger partial charge in [0.2, 0.25) is 5.95 Å². The van der Waals surface area contributed by atoms with Crippen LogP contribution in [0.4, 0.5) is 17.3 Å². The fourth-order valence-electron chi connectivity index (χ4n) is 3.58. The van der Waals surface area contributed by atoms with Crippen molar-refractivity contribution >= 4 is 28.9 Å². The molecule has 0 saturated carbocycles. The normalized spacial score (nSPS) is 15.0. The van der Waals surface area contributed by atoms with E-state index in [-0.39, 0.29) is 0 Å². The van der Waals surface area contributed by atoms with Gasteiger partial charge in [-0.1, -0.05) is 29.8 Å². The van der Waals surface area contributed by atoms with E-state index >= 15 is 0 Å². The van der Waals surface area contributed by atoms with Crippen LogP contribution in [0.3, 0.4) is 0 Å². The molecule has 0 atom stereocenters. The molecular weight excluding hydrogens is 374 g/mol. The molecule has 2 aromatic carbocycles. The van der Waals surface area contributed by atoms with E-state index in [0.717, 1.165) is 49.6 Å². The molecule has 1 aliphatic heterocycles. The molecule has 4 rings (SSSR count). The number of rotatable bonds is 6. The molecule has 2 heterocycles. The van der Waals surface area contributed by atoms with E-state index in [2.05, 4.69) is 26.4 Å².